The molecule has 0 spiro atoms. The molecule has 1 N–H and O–H groups in total. The molecule has 2 atom stereocenters. The summed E-state index contributed by atoms with van der Waals surface area (Å²) < 4.78 is 0. The predicted octanol–water partition coefficient (Wildman–Crippen LogP) is 2.95. The van der Waals surface area contributed by atoms with E-state index in [0.717, 1.165) is 5.56 Å². The van der Waals surface area contributed by atoms with Crippen molar-refractivity contribution in [3.05, 3.63) is 35.9 Å². The van der Waals surface area contributed by atoms with E-state index in [2.05, 4.69) is 0 Å². The van der Waals surface area contributed by atoms with Crippen LogP contribution in [0.25, 0.3) is 0 Å². The van der Waals surface area contributed by atoms with Crippen LogP contribution in [0.5, 0.6) is 0 Å². The first-order chi connectivity index (χ1) is 9.34. The average molecular weight is 277 g/mol. The number of hydrogen-bond donors (Lipinski definition) is 1. The van der Waals surface area contributed by atoms with Crippen LogP contribution in [0.2, 0.25) is 0 Å². The summed E-state index contributed by atoms with van der Waals surface area (Å²) in [5.41, 5.74) is 1.01. The fraction of sp³-hybridized carbons (Fsp3) is 0.500. The van der Waals surface area contributed by atoms with E-state index in [4.69, 9.17) is 5.11 Å². The van der Waals surface area contributed by atoms with Crippen LogP contribution in [0.15, 0.2) is 30.3 Å². The van der Waals surface area contributed by atoms with Gasteiger partial charge in [0.15, 0.2) is 0 Å². The van der Waals surface area contributed by atoms with Crippen LogP contribution in [0.3, 0.4) is 0 Å². The van der Waals surface area contributed by atoms with Gasteiger partial charge in [0.1, 0.15) is 0 Å². The summed E-state index contributed by atoms with van der Waals surface area (Å²) in [5.74, 6) is -1.63. The Morgan fingerprint density at radius 3 is 2.10 bits per heavy atom. The second kappa shape index (κ2) is 7.08. The molecule has 0 bridgehead atoms. The van der Waals surface area contributed by atoms with Gasteiger partial charge in [0.2, 0.25) is 5.91 Å². The van der Waals surface area contributed by atoms with Gasteiger partial charge in [-0.1, -0.05) is 51.1 Å². The maximum absolute atomic E-state index is 12.3. The number of amides is 1. The van der Waals surface area contributed by atoms with Gasteiger partial charge in [-0.25, -0.2) is 0 Å². The molecular formula is C16H23NO3. The highest BCUT2D eigenvalue weighted by molar-refractivity contribution is 5.79. The fourth-order valence-corrected chi connectivity index (χ4v) is 2.06. The molecular weight excluding hydrogens is 254 g/mol. The van der Waals surface area contributed by atoms with Crippen molar-refractivity contribution in [3.63, 3.8) is 0 Å². The molecule has 4 nitrogen and oxygen atoms in total. The number of carboxylic acids is 1. The Balaban J connectivity index is 2.98. The largest absolute Gasteiger partial charge is 0.481 e. The number of hydrogen-bond acceptors (Lipinski definition) is 2. The van der Waals surface area contributed by atoms with Gasteiger partial charge in [0, 0.05) is 12.5 Å². The maximum atomic E-state index is 12.3. The molecule has 0 fully saturated rings. The topological polar surface area (TPSA) is 57.6 Å². The fourth-order valence-electron chi connectivity index (χ4n) is 2.06. The standard InChI is InChI=1S/C16H23NO3/c1-11(2)15(18)17(10-12(3)16(19)20)13(4)14-8-6-5-7-9-14/h5-9,11-13H,10H2,1-4H3,(H,19,20). The number of carboxylic acid groups (broad SMARTS) is 1. The van der Waals surface area contributed by atoms with E-state index in [1.54, 1.807) is 11.8 Å². The molecule has 1 aromatic rings. The summed E-state index contributed by atoms with van der Waals surface area (Å²) in [7, 11) is 0. The van der Waals surface area contributed by atoms with Crippen molar-refractivity contribution in [1.82, 2.24) is 4.90 Å². The van der Waals surface area contributed by atoms with Gasteiger partial charge in [-0.3, -0.25) is 9.59 Å². The molecule has 0 saturated heterocycles. The Kier molecular flexibility index (Phi) is 5.74. The molecule has 4 heteroatoms. The van der Waals surface area contributed by atoms with Crippen molar-refractivity contribution in [2.24, 2.45) is 11.8 Å². The minimum absolute atomic E-state index is 0.0190. The SMILES string of the molecule is CC(C)C(=O)N(CC(C)C(=O)O)C(C)c1ccccc1. The number of nitrogens with zero attached hydrogens (tertiary/aromatic N) is 1. The second-order valence-corrected chi connectivity index (χ2v) is 5.47. The molecule has 1 amide bonds. The second-order valence-electron chi connectivity index (χ2n) is 5.47. The van der Waals surface area contributed by atoms with E-state index < -0.39 is 11.9 Å². The molecule has 1 rings (SSSR count). The first-order valence-electron chi connectivity index (χ1n) is 6.92. The van der Waals surface area contributed by atoms with Gasteiger partial charge < -0.3 is 10.0 Å². The van der Waals surface area contributed by atoms with E-state index in [0.29, 0.717) is 0 Å². The van der Waals surface area contributed by atoms with Crippen LogP contribution in [0, 0.1) is 11.8 Å². The highest BCUT2D eigenvalue weighted by Crippen LogP contribution is 2.23. The lowest BCUT2D eigenvalue weighted by Gasteiger charge is -2.32. The van der Waals surface area contributed by atoms with Gasteiger partial charge in [-0.05, 0) is 12.5 Å². The first-order valence-corrected chi connectivity index (χ1v) is 6.92. The molecule has 0 aliphatic carbocycles. The normalized spacial score (nSPS) is 13.8. The van der Waals surface area contributed by atoms with Crippen molar-refractivity contribution >= 4 is 11.9 Å². The predicted molar refractivity (Wildman–Crippen MR) is 78.2 cm³/mol. The first kappa shape index (κ1) is 16.2. The monoisotopic (exact) mass is 277 g/mol. The Bertz CT molecular complexity index is 456. The molecule has 0 aromatic heterocycles. The van der Waals surface area contributed by atoms with E-state index in [-0.39, 0.29) is 24.4 Å². The summed E-state index contributed by atoms with van der Waals surface area (Å²) in [6.07, 6.45) is 0. The third-order valence-corrected chi connectivity index (χ3v) is 3.42. The van der Waals surface area contributed by atoms with E-state index in [1.807, 2.05) is 51.1 Å². The summed E-state index contributed by atoms with van der Waals surface area (Å²) in [6, 6.07) is 9.54. The molecule has 0 heterocycles. The molecule has 0 aliphatic rings. The highest BCUT2D eigenvalue weighted by Gasteiger charge is 2.27. The Morgan fingerprint density at radius 2 is 1.65 bits per heavy atom. The molecule has 0 radical (unpaired) electrons. The van der Waals surface area contributed by atoms with Crippen LogP contribution >= 0.6 is 0 Å². The molecule has 2 unspecified atom stereocenters. The van der Waals surface area contributed by atoms with Gasteiger partial charge >= 0.3 is 5.97 Å². The van der Waals surface area contributed by atoms with Crippen molar-refractivity contribution in [2.75, 3.05) is 6.54 Å². The number of benzene rings is 1. The van der Waals surface area contributed by atoms with Crippen molar-refractivity contribution in [1.29, 1.82) is 0 Å². The van der Waals surface area contributed by atoms with E-state index in [1.165, 1.54) is 0 Å². The third-order valence-electron chi connectivity index (χ3n) is 3.42. The summed E-state index contributed by atoms with van der Waals surface area (Å²) in [6.45, 7) is 7.45. The summed E-state index contributed by atoms with van der Waals surface area (Å²) in [5, 5.41) is 9.07. The number of rotatable bonds is 6. The van der Waals surface area contributed by atoms with Gasteiger partial charge in [-0.2, -0.15) is 0 Å². The van der Waals surface area contributed by atoms with Crippen molar-refractivity contribution in [2.45, 2.75) is 33.7 Å². The summed E-state index contributed by atoms with van der Waals surface area (Å²) in [4.78, 5) is 25.1. The highest BCUT2D eigenvalue weighted by atomic mass is 16.4. The molecule has 20 heavy (non-hydrogen) atoms. The van der Waals surface area contributed by atoms with Gasteiger partial charge in [-0.15, -0.1) is 0 Å². The van der Waals surface area contributed by atoms with Crippen LogP contribution in [0.4, 0.5) is 0 Å². The van der Waals surface area contributed by atoms with Crippen LogP contribution in [-0.4, -0.2) is 28.4 Å². The van der Waals surface area contributed by atoms with Gasteiger partial charge in [0.25, 0.3) is 0 Å². The zero-order valence-corrected chi connectivity index (χ0v) is 12.5. The minimum atomic E-state index is -0.883. The summed E-state index contributed by atoms with van der Waals surface area (Å²) >= 11 is 0. The third kappa shape index (κ3) is 4.08. The van der Waals surface area contributed by atoms with Crippen LogP contribution in [-0.2, 0) is 9.59 Å². The molecule has 1 aromatic carbocycles. The van der Waals surface area contributed by atoms with Crippen LogP contribution < -0.4 is 0 Å². The maximum Gasteiger partial charge on any atom is 0.308 e. The van der Waals surface area contributed by atoms with Crippen molar-refractivity contribution < 1.29 is 14.7 Å². The minimum Gasteiger partial charge on any atom is -0.481 e. The zero-order valence-electron chi connectivity index (χ0n) is 12.5. The lowest BCUT2D eigenvalue weighted by atomic mass is 10.0. The van der Waals surface area contributed by atoms with Gasteiger partial charge in [0.05, 0.1) is 12.0 Å². The molecule has 0 saturated carbocycles. The molecule has 110 valence electrons. The lowest BCUT2D eigenvalue weighted by molar-refractivity contribution is -0.144. The van der Waals surface area contributed by atoms with Crippen LogP contribution in [0.1, 0.15) is 39.3 Å². The average Bonchev–Trinajstić information content (AvgIpc) is 2.43. The zero-order chi connectivity index (χ0) is 15.3. The van der Waals surface area contributed by atoms with E-state index in [9.17, 15) is 9.59 Å². The quantitative estimate of drug-likeness (QED) is 0.869. The van der Waals surface area contributed by atoms with E-state index >= 15 is 0 Å². The number of carbonyl (C=O) groups excluding carboxylic acids is 1. The smallest absolute Gasteiger partial charge is 0.308 e. The lowest BCUT2D eigenvalue weighted by Crippen LogP contribution is -2.40. The van der Waals surface area contributed by atoms with Crippen molar-refractivity contribution in [3.8, 4) is 0 Å². The number of aliphatic carboxylic acids is 1. The molecule has 0 aliphatic heterocycles. The Hall–Kier alpha value is -1.84. The Morgan fingerprint density at radius 1 is 1.10 bits per heavy atom. The number of carbonyl (C=O) groups is 2. The Labute approximate surface area is 120 Å².